The van der Waals surface area contributed by atoms with Crippen LogP contribution >= 0.6 is 0 Å². The number of hydrogen-bond acceptors (Lipinski definition) is 7. The molecule has 0 bridgehead atoms. The van der Waals surface area contributed by atoms with Crippen molar-refractivity contribution < 1.29 is 19.0 Å². The first-order valence-corrected chi connectivity index (χ1v) is 9.52. The predicted octanol–water partition coefficient (Wildman–Crippen LogP) is 1.92. The summed E-state index contributed by atoms with van der Waals surface area (Å²) in [5.74, 6) is 2.60. The van der Waals surface area contributed by atoms with Crippen LogP contribution in [-0.4, -0.2) is 48.5 Å². The highest BCUT2D eigenvalue weighted by molar-refractivity contribution is 5.96. The summed E-state index contributed by atoms with van der Waals surface area (Å²) in [6.45, 7) is 6.02. The number of anilines is 1. The van der Waals surface area contributed by atoms with Gasteiger partial charge in [0.25, 0.3) is 5.91 Å². The predicted molar refractivity (Wildman–Crippen MR) is 103 cm³/mol. The van der Waals surface area contributed by atoms with Crippen LogP contribution in [0.15, 0.2) is 18.2 Å². The van der Waals surface area contributed by atoms with Crippen molar-refractivity contribution in [2.75, 3.05) is 31.8 Å². The smallest absolute Gasteiger partial charge is 0.270 e. The summed E-state index contributed by atoms with van der Waals surface area (Å²) in [4.78, 5) is 21.6. The van der Waals surface area contributed by atoms with Crippen molar-refractivity contribution in [2.45, 2.75) is 32.8 Å². The molecule has 0 fully saturated rings. The van der Waals surface area contributed by atoms with E-state index in [2.05, 4.69) is 15.6 Å². The van der Waals surface area contributed by atoms with E-state index < -0.39 is 0 Å². The molecule has 0 radical (unpaired) electrons. The number of carbonyl (C=O) groups excluding carboxylic acids is 1. The molecular weight excluding hydrogens is 360 g/mol. The van der Waals surface area contributed by atoms with Crippen LogP contribution in [-0.2, 0) is 17.6 Å². The first kappa shape index (κ1) is 18.5. The van der Waals surface area contributed by atoms with E-state index in [1.54, 1.807) is 0 Å². The van der Waals surface area contributed by atoms with Gasteiger partial charge in [0, 0.05) is 25.1 Å². The fourth-order valence-corrected chi connectivity index (χ4v) is 3.26. The molecule has 0 atom stereocenters. The number of carbonyl (C=O) groups is 1. The lowest BCUT2D eigenvalue weighted by atomic mass is 10.1. The lowest BCUT2D eigenvalue weighted by molar-refractivity contribution is 0.0870. The maximum atomic E-state index is 12.3. The van der Waals surface area contributed by atoms with Crippen molar-refractivity contribution in [1.82, 2.24) is 15.3 Å². The van der Waals surface area contributed by atoms with Crippen LogP contribution in [0, 0.1) is 0 Å². The minimum atomic E-state index is -0.155. The highest BCUT2D eigenvalue weighted by Gasteiger charge is 2.24. The van der Waals surface area contributed by atoms with Crippen molar-refractivity contribution in [3.05, 3.63) is 40.8 Å². The summed E-state index contributed by atoms with van der Waals surface area (Å²) in [6.07, 6.45) is 1.38. The maximum Gasteiger partial charge on any atom is 0.270 e. The van der Waals surface area contributed by atoms with Gasteiger partial charge in [-0.2, -0.15) is 0 Å². The topological polar surface area (TPSA) is 94.6 Å². The lowest BCUT2D eigenvalue weighted by Crippen LogP contribution is -2.34. The van der Waals surface area contributed by atoms with Crippen molar-refractivity contribution in [3.63, 3.8) is 0 Å². The standard InChI is InChI=1S/C20H24N4O4/c1-12(2)26-8-7-21-19-14-5-6-22-20(25)18(14)23-17(24-19)10-13-3-4-15-16(9-13)28-11-27-15/h3-4,9,12H,5-8,10-11H2,1-2H3,(H,22,25)(H,21,23,24). The normalized spacial score (nSPS) is 14.8. The van der Waals surface area contributed by atoms with Gasteiger partial charge in [0.1, 0.15) is 17.3 Å². The Morgan fingerprint density at radius 2 is 2.11 bits per heavy atom. The number of ether oxygens (including phenoxy) is 3. The van der Waals surface area contributed by atoms with Gasteiger partial charge in [0.15, 0.2) is 11.5 Å². The minimum absolute atomic E-state index is 0.155. The minimum Gasteiger partial charge on any atom is -0.454 e. The molecule has 28 heavy (non-hydrogen) atoms. The third-order valence-corrected chi connectivity index (χ3v) is 4.57. The van der Waals surface area contributed by atoms with E-state index in [1.807, 2.05) is 32.0 Å². The molecule has 1 amide bonds. The fraction of sp³-hybridized carbons (Fsp3) is 0.450. The van der Waals surface area contributed by atoms with Crippen LogP contribution in [0.2, 0.25) is 0 Å². The second kappa shape index (κ2) is 8.02. The second-order valence-corrected chi connectivity index (χ2v) is 7.03. The summed E-state index contributed by atoms with van der Waals surface area (Å²) < 4.78 is 16.4. The largest absolute Gasteiger partial charge is 0.454 e. The Labute approximate surface area is 163 Å². The van der Waals surface area contributed by atoms with Gasteiger partial charge < -0.3 is 24.8 Å². The van der Waals surface area contributed by atoms with Gasteiger partial charge in [-0.25, -0.2) is 9.97 Å². The molecule has 0 saturated carbocycles. The average molecular weight is 384 g/mol. The zero-order valence-corrected chi connectivity index (χ0v) is 16.1. The number of benzene rings is 1. The molecular formula is C20H24N4O4. The van der Waals surface area contributed by atoms with Crippen molar-refractivity contribution in [3.8, 4) is 11.5 Å². The third kappa shape index (κ3) is 4.01. The first-order valence-electron chi connectivity index (χ1n) is 9.52. The van der Waals surface area contributed by atoms with Gasteiger partial charge in [0.05, 0.1) is 12.7 Å². The summed E-state index contributed by atoms with van der Waals surface area (Å²) in [6, 6.07) is 5.76. The summed E-state index contributed by atoms with van der Waals surface area (Å²) in [5, 5.41) is 6.17. The number of fused-ring (bicyclic) bond motifs is 2. The monoisotopic (exact) mass is 384 g/mol. The van der Waals surface area contributed by atoms with Crippen molar-refractivity contribution in [1.29, 1.82) is 0 Å². The van der Waals surface area contributed by atoms with Gasteiger partial charge >= 0.3 is 0 Å². The van der Waals surface area contributed by atoms with E-state index >= 15 is 0 Å². The number of hydrogen-bond donors (Lipinski definition) is 2. The Kier molecular flexibility index (Phi) is 5.29. The zero-order chi connectivity index (χ0) is 19.5. The Balaban J connectivity index is 1.57. The quantitative estimate of drug-likeness (QED) is 0.704. The fourth-order valence-electron chi connectivity index (χ4n) is 3.26. The molecule has 8 nitrogen and oxygen atoms in total. The second-order valence-electron chi connectivity index (χ2n) is 7.03. The molecule has 8 heteroatoms. The third-order valence-electron chi connectivity index (χ3n) is 4.57. The van der Waals surface area contributed by atoms with Crippen LogP contribution < -0.4 is 20.1 Å². The molecule has 0 unspecified atom stereocenters. The molecule has 0 aliphatic carbocycles. The number of nitrogens with zero attached hydrogens (tertiary/aromatic N) is 2. The number of aromatic nitrogens is 2. The molecule has 0 saturated heterocycles. The molecule has 0 spiro atoms. The Morgan fingerprint density at radius 1 is 1.25 bits per heavy atom. The van der Waals surface area contributed by atoms with Gasteiger partial charge in [-0.3, -0.25) is 4.79 Å². The van der Waals surface area contributed by atoms with E-state index in [9.17, 15) is 4.79 Å². The Morgan fingerprint density at radius 3 is 2.96 bits per heavy atom. The highest BCUT2D eigenvalue weighted by atomic mass is 16.7. The van der Waals surface area contributed by atoms with E-state index in [4.69, 9.17) is 19.2 Å². The number of amides is 1. The summed E-state index contributed by atoms with van der Waals surface area (Å²) in [7, 11) is 0. The summed E-state index contributed by atoms with van der Waals surface area (Å²) >= 11 is 0. The maximum absolute atomic E-state index is 12.3. The average Bonchev–Trinajstić information content (AvgIpc) is 3.13. The molecule has 2 N–H and O–H groups in total. The molecule has 1 aromatic carbocycles. The van der Waals surface area contributed by atoms with Crippen LogP contribution in [0.4, 0.5) is 5.82 Å². The molecule has 1 aromatic heterocycles. The van der Waals surface area contributed by atoms with Crippen LogP contribution in [0.25, 0.3) is 0 Å². The molecule has 148 valence electrons. The van der Waals surface area contributed by atoms with Gasteiger partial charge in [-0.15, -0.1) is 0 Å². The van der Waals surface area contributed by atoms with Gasteiger partial charge in [0.2, 0.25) is 6.79 Å². The Hall–Kier alpha value is -2.87. The number of nitrogens with one attached hydrogen (secondary N) is 2. The zero-order valence-electron chi connectivity index (χ0n) is 16.1. The Bertz CT molecular complexity index is 885. The van der Waals surface area contributed by atoms with Gasteiger partial charge in [-0.1, -0.05) is 6.07 Å². The number of rotatable bonds is 7. The molecule has 2 aliphatic rings. The van der Waals surface area contributed by atoms with E-state index in [0.29, 0.717) is 49.9 Å². The first-order chi connectivity index (χ1) is 13.6. The van der Waals surface area contributed by atoms with Crippen LogP contribution in [0.3, 0.4) is 0 Å². The SMILES string of the molecule is CC(C)OCCNc1nc(Cc2ccc3c(c2)OCO3)nc2c1CCNC2=O. The molecule has 2 aromatic rings. The van der Waals surface area contributed by atoms with Crippen molar-refractivity contribution >= 4 is 11.7 Å². The highest BCUT2D eigenvalue weighted by Crippen LogP contribution is 2.33. The van der Waals surface area contributed by atoms with Crippen molar-refractivity contribution in [2.24, 2.45) is 0 Å². The van der Waals surface area contributed by atoms with E-state index in [1.165, 1.54) is 0 Å². The molecule has 3 heterocycles. The summed E-state index contributed by atoms with van der Waals surface area (Å²) in [5.41, 5.74) is 2.31. The lowest BCUT2D eigenvalue weighted by Gasteiger charge is -2.20. The molecule has 4 rings (SSSR count). The van der Waals surface area contributed by atoms with Crippen LogP contribution in [0.1, 0.15) is 41.3 Å². The van der Waals surface area contributed by atoms with Crippen LogP contribution in [0.5, 0.6) is 11.5 Å². The van der Waals surface area contributed by atoms with Gasteiger partial charge in [-0.05, 0) is 38.0 Å². The van der Waals surface area contributed by atoms with E-state index in [-0.39, 0.29) is 18.8 Å². The van der Waals surface area contributed by atoms with E-state index in [0.717, 1.165) is 22.6 Å². The molecule has 2 aliphatic heterocycles.